The molecule has 0 radical (unpaired) electrons. The highest BCUT2D eigenvalue weighted by Crippen LogP contribution is 2.30. The minimum Gasteiger partial charge on any atom is -0.283 e. The van der Waals surface area contributed by atoms with Crippen molar-refractivity contribution < 1.29 is 8.42 Å². The molecule has 1 aliphatic heterocycles. The smallest absolute Gasteiger partial charge is 0.243 e. The quantitative estimate of drug-likeness (QED) is 0.414. The normalized spacial score (nSPS) is 20.9. The minimum absolute atomic E-state index is 0.206. The van der Waals surface area contributed by atoms with Gasteiger partial charge in [0, 0.05) is 31.9 Å². The van der Waals surface area contributed by atoms with Gasteiger partial charge in [-0.05, 0) is 48.7 Å². The highest BCUT2D eigenvalue weighted by molar-refractivity contribution is 7.89. The van der Waals surface area contributed by atoms with E-state index in [-0.39, 0.29) is 23.5 Å². The van der Waals surface area contributed by atoms with Crippen molar-refractivity contribution in [3.05, 3.63) is 59.9 Å². The van der Waals surface area contributed by atoms with Gasteiger partial charge in [-0.2, -0.15) is 4.31 Å². The Morgan fingerprint density at radius 2 is 2.03 bits per heavy atom. The molecule has 29 heavy (non-hydrogen) atoms. The van der Waals surface area contributed by atoms with Crippen molar-refractivity contribution in [1.82, 2.24) is 14.2 Å². The summed E-state index contributed by atoms with van der Waals surface area (Å²) < 4.78 is 28.7. The van der Waals surface area contributed by atoms with E-state index in [2.05, 4.69) is 22.4 Å². The molecule has 0 spiro atoms. The van der Waals surface area contributed by atoms with Gasteiger partial charge in [0.1, 0.15) is 5.15 Å². The second-order valence-corrected chi connectivity index (χ2v) is 9.44. The van der Waals surface area contributed by atoms with Crippen LogP contribution in [0, 0.1) is 19.3 Å². The monoisotopic (exact) mass is 429 g/mol. The minimum atomic E-state index is -3.73. The van der Waals surface area contributed by atoms with Gasteiger partial charge in [0.15, 0.2) is 0 Å². The molecule has 0 N–H and O–H groups in total. The zero-order valence-electron chi connectivity index (χ0n) is 16.5. The maximum absolute atomic E-state index is 13.6. The van der Waals surface area contributed by atoms with Crippen molar-refractivity contribution in [2.75, 3.05) is 19.6 Å². The Hall–Kier alpha value is -2.17. The lowest BCUT2D eigenvalue weighted by atomic mass is 10.1. The summed E-state index contributed by atoms with van der Waals surface area (Å²) in [5.74, 6) is 2.72. The van der Waals surface area contributed by atoms with Crippen molar-refractivity contribution in [3.63, 3.8) is 0 Å². The van der Waals surface area contributed by atoms with Gasteiger partial charge in [0.2, 0.25) is 10.0 Å². The number of aromatic nitrogens is 1. The summed E-state index contributed by atoms with van der Waals surface area (Å²) in [6, 6.07) is 8.42. The molecule has 152 valence electrons. The molecule has 5 nitrogen and oxygen atoms in total. The average molecular weight is 430 g/mol. The molecule has 0 saturated carbocycles. The van der Waals surface area contributed by atoms with E-state index in [9.17, 15) is 8.42 Å². The van der Waals surface area contributed by atoms with E-state index in [4.69, 9.17) is 18.0 Å². The first kappa shape index (κ1) is 21.5. The molecule has 1 aromatic heterocycles. The van der Waals surface area contributed by atoms with Gasteiger partial charge >= 0.3 is 0 Å². The number of halogens is 1. The molecule has 3 rings (SSSR count). The molecule has 2 aromatic rings. The maximum Gasteiger partial charge on any atom is 0.243 e. The van der Waals surface area contributed by atoms with Crippen LogP contribution < -0.4 is 0 Å². The summed E-state index contributed by atoms with van der Waals surface area (Å²) >= 11 is 6.00. The number of benzene rings is 1. The van der Waals surface area contributed by atoms with Gasteiger partial charge in [0.05, 0.1) is 10.9 Å². The number of sulfonamides is 1. The van der Waals surface area contributed by atoms with E-state index >= 15 is 0 Å². The number of piperazine rings is 1. The Kier molecular flexibility index (Phi) is 6.45. The molecule has 1 saturated heterocycles. The molecule has 1 fully saturated rings. The highest BCUT2D eigenvalue weighted by Gasteiger charge is 2.38. The molecule has 1 aliphatic rings. The Labute approximate surface area is 178 Å². The molecule has 2 atom stereocenters. The van der Waals surface area contributed by atoms with Crippen molar-refractivity contribution in [2.24, 2.45) is 0 Å². The molecular formula is C22H24ClN3O2S. The van der Waals surface area contributed by atoms with Crippen LogP contribution in [-0.4, -0.2) is 54.3 Å². The van der Waals surface area contributed by atoms with Gasteiger partial charge < -0.3 is 0 Å². The highest BCUT2D eigenvalue weighted by atomic mass is 35.5. The largest absolute Gasteiger partial charge is 0.283 e. The zero-order chi connectivity index (χ0) is 21.2. The standard InChI is InChI=1S/C22H24ClN3O2S/c1-5-11-25-14-17(4)26(15-20(25)6-2)29(27,28)21-12-18(8-7-16(21)3)19-9-10-24-22(23)13-19/h2,5,7-10,12-13,17,20H,1,11,14-15H2,3-4H3/t17-,20+/m0/s1. The van der Waals surface area contributed by atoms with E-state index in [0.29, 0.717) is 23.8 Å². The van der Waals surface area contributed by atoms with Crippen LogP contribution in [0.3, 0.4) is 0 Å². The number of hydrogen-bond acceptors (Lipinski definition) is 4. The maximum atomic E-state index is 13.6. The van der Waals surface area contributed by atoms with E-state index in [1.165, 1.54) is 4.31 Å². The predicted octanol–water partition coefficient (Wildman–Crippen LogP) is 3.59. The van der Waals surface area contributed by atoms with Crippen molar-refractivity contribution >= 4 is 21.6 Å². The van der Waals surface area contributed by atoms with Crippen LogP contribution in [0.2, 0.25) is 5.15 Å². The summed E-state index contributed by atoms with van der Waals surface area (Å²) in [7, 11) is -3.73. The lowest BCUT2D eigenvalue weighted by Gasteiger charge is -2.42. The summed E-state index contributed by atoms with van der Waals surface area (Å²) in [6.07, 6.45) is 9.08. The van der Waals surface area contributed by atoms with E-state index in [1.807, 2.05) is 19.1 Å². The molecule has 0 bridgehead atoms. The van der Waals surface area contributed by atoms with Crippen LogP contribution in [0.4, 0.5) is 0 Å². The van der Waals surface area contributed by atoms with Gasteiger partial charge in [-0.15, -0.1) is 13.0 Å². The lowest BCUT2D eigenvalue weighted by Crippen LogP contribution is -2.58. The number of nitrogens with zero attached hydrogens (tertiary/aromatic N) is 3. The topological polar surface area (TPSA) is 53.5 Å². The SMILES string of the molecule is C#C[C@@H]1CN(S(=O)(=O)c2cc(-c3ccnc(Cl)c3)ccc2C)[C@@H](C)CN1CC=C. The van der Waals surface area contributed by atoms with Crippen LogP contribution in [-0.2, 0) is 10.0 Å². The second-order valence-electron chi connectivity index (χ2n) is 7.20. The van der Waals surface area contributed by atoms with Crippen LogP contribution >= 0.6 is 11.6 Å². The van der Waals surface area contributed by atoms with E-state index in [0.717, 1.165) is 11.1 Å². The second kappa shape index (κ2) is 8.68. The Morgan fingerprint density at radius 3 is 2.69 bits per heavy atom. The van der Waals surface area contributed by atoms with Gasteiger partial charge in [0.25, 0.3) is 0 Å². The molecule has 0 unspecified atom stereocenters. The zero-order valence-corrected chi connectivity index (χ0v) is 18.1. The van der Waals surface area contributed by atoms with Crippen LogP contribution in [0.5, 0.6) is 0 Å². The fraction of sp³-hybridized carbons (Fsp3) is 0.318. The summed E-state index contributed by atoms with van der Waals surface area (Å²) in [4.78, 5) is 6.34. The third-order valence-corrected chi connectivity index (χ3v) is 7.50. The molecule has 0 aliphatic carbocycles. The van der Waals surface area contributed by atoms with Crippen molar-refractivity contribution in [2.45, 2.75) is 30.8 Å². The van der Waals surface area contributed by atoms with Crippen LogP contribution in [0.1, 0.15) is 12.5 Å². The van der Waals surface area contributed by atoms with Crippen LogP contribution in [0.25, 0.3) is 11.1 Å². The Morgan fingerprint density at radius 1 is 1.31 bits per heavy atom. The van der Waals surface area contributed by atoms with Gasteiger partial charge in [-0.1, -0.05) is 35.7 Å². The number of aryl methyl sites for hydroxylation is 1. The summed E-state index contributed by atoms with van der Waals surface area (Å²) in [5.41, 5.74) is 2.27. The number of terminal acetylenes is 1. The number of hydrogen-bond donors (Lipinski definition) is 0. The molecule has 0 amide bonds. The first-order chi connectivity index (χ1) is 13.8. The molecule has 2 heterocycles. The molecule has 1 aromatic carbocycles. The third-order valence-electron chi connectivity index (χ3n) is 5.17. The Bertz CT molecular complexity index is 1060. The van der Waals surface area contributed by atoms with E-state index in [1.54, 1.807) is 37.4 Å². The average Bonchev–Trinajstić information content (AvgIpc) is 2.68. The van der Waals surface area contributed by atoms with Crippen molar-refractivity contribution in [3.8, 4) is 23.5 Å². The number of rotatable bonds is 5. The fourth-order valence-corrected chi connectivity index (χ4v) is 5.71. The first-order valence-electron chi connectivity index (χ1n) is 9.33. The Balaban J connectivity index is 2.00. The summed E-state index contributed by atoms with van der Waals surface area (Å²) in [5, 5.41) is 0.358. The summed E-state index contributed by atoms with van der Waals surface area (Å²) in [6.45, 7) is 8.90. The van der Waals surface area contributed by atoms with E-state index < -0.39 is 10.0 Å². The molecule has 7 heteroatoms. The van der Waals surface area contributed by atoms with Gasteiger partial charge in [-0.25, -0.2) is 13.4 Å². The first-order valence-corrected chi connectivity index (χ1v) is 11.1. The fourth-order valence-electron chi connectivity index (χ4n) is 3.65. The van der Waals surface area contributed by atoms with Gasteiger partial charge in [-0.3, -0.25) is 4.90 Å². The van der Waals surface area contributed by atoms with Crippen LogP contribution in [0.15, 0.2) is 54.1 Å². The third kappa shape index (κ3) is 4.39. The van der Waals surface area contributed by atoms with Crippen molar-refractivity contribution in [1.29, 1.82) is 0 Å². The lowest BCUT2D eigenvalue weighted by molar-refractivity contribution is 0.124. The predicted molar refractivity (Wildman–Crippen MR) is 117 cm³/mol. The number of pyridine rings is 1. The molecular weight excluding hydrogens is 406 g/mol.